The van der Waals surface area contributed by atoms with Crippen molar-refractivity contribution in [1.82, 2.24) is 0 Å². The smallest absolute Gasteiger partial charge is 0.122 e. The third-order valence-corrected chi connectivity index (χ3v) is 1.98. The molecule has 0 bridgehead atoms. The third-order valence-electron chi connectivity index (χ3n) is 1.98. The average Bonchev–Trinajstić information content (AvgIpc) is 2.73. The van der Waals surface area contributed by atoms with E-state index in [1.807, 2.05) is 26.0 Å². The van der Waals surface area contributed by atoms with Gasteiger partial charge in [-0.1, -0.05) is 26.0 Å². The summed E-state index contributed by atoms with van der Waals surface area (Å²) in [6.07, 6.45) is 1.09. The van der Waals surface area contributed by atoms with Gasteiger partial charge in [0.05, 0.1) is 13.8 Å². The molecule has 0 radical (unpaired) electrons. The van der Waals surface area contributed by atoms with Gasteiger partial charge in [-0.2, -0.15) is 0 Å². The summed E-state index contributed by atoms with van der Waals surface area (Å²) in [7, 11) is 0.500. The number of hydrogen-bond donors (Lipinski definition) is 0. The maximum Gasteiger partial charge on any atom is 0.122 e. The lowest BCUT2D eigenvalue weighted by atomic mass is 10.1. The zero-order valence-electron chi connectivity index (χ0n) is 9.43. The van der Waals surface area contributed by atoms with Crippen LogP contribution in [0.1, 0.15) is 25.0 Å². The highest BCUT2D eigenvalue weighted by Crippen LogP contribution is 2.26. The Morgan fingerprint density at radius 2 is 1.86 bits per heavy atom. The fourth-order valence-corrected chi connectivity index (χ4v) is 1.39. The first-order chi connectivity index (χ1) is 6.88. The molecule has 0 atom stereocenters. The molecule has 0 aliphatic carbocycles. The van der Waals surface area contributed by atoms with Gasteiger partial charge < -0.3 is 4.74 Å². The molecule has 80 valence electrons. The second kappa shape index (κ2) is 7.36. The monoisotopic (exact) mass is 198 g/mol. The van der Waals surface area contributed by atoms with Crippen molar-refractivity contribution in [3.63, 3.8) is 0 Å². The van der Waals surface area contributed by atoms with E-state index in [0.29, 0.717) is 7.18 Å². The number of halogens is 1. The Labute approximate surface area is 85.9 Å². The van der Waals surface area contributed by atoms with Crippen LogP contribution in [0.3, 0.4) is 0 Å². The van der Waals surface area contributed by atoms with Crippen LogP contribution in [0.15, 0.2) is 18.2 Å². The van der Waals surface area contributed by atoms with Gasteiger partial charge in [0.25, 0.3) is 0 Å². The average molecular weight is 198 g/mol. The first-order valence-corrected chi connectivity index (χ1v) is 4.97. The van der Waals surface area contributed by atoms with Gasteiger partial charge in [-0.25, -0.2) is 0 Å². The highest BCUT2D eigenvalue weighted by molar-refractivity contribution is 5.41. The van der Waals surface area contributed by atoms with Crippen molar-refractivity contribution in [3.05, 3.63) is 29.3 Å². The molecule has 0 saturated heterocycles. The van der Waals surface area contributed by atoms with Crippen LogP contribution in [0.5, 0.6) is 5.75 Å². The summed E-state index contributed by atoms with van der Waals surface area (Å²) < 4.78 is 14.9. The molecular formula is C12H19FO. The third kappa shape index (κ3) is 3.02. The molecule has 0 N–H and O–H groups in total. The van der Waals surface area contributed by atoms with Gasteiger partial charge in [0.2, 0.25) is 0 Å². The minimum Gasteiger partial charge on any atom is -0.493 e. The van der Waals surface area contributed by atoms with Crippen LogP contribution in [0, 0.1) is 6.92 Å². The lowest BCUT2D eigenvalue weighted by molar-refractivity contribution is 0.357. The molecule has 0 amide bonds. The first kappa shape index (κ1) is 12.9. The number of hydrogen-bond acceptors (Lipinski definition) is 1. The molecule has 1 heterocycles. The van der Waals surface area contributed by atoms with Gasteiger partial charge in [-0.05, 0) is 18.6 Å². The Morgan fingerprint density at radius 1 is 1.21 bits per heavy atom. The fourth-order valence-electron chi connectivity index (χ4n) is 1.39. The van der Waals surface area contributed by atoms with Gasteiger partial charge in [0, 0.05) is 12.0 Å². The van der Waals surface area contributed by atoms with Gasteiger partial charge in [-0.3, -0.25) is 4.39 Å². The van der Waals surface area contributed by atoms with E-state index < -0.39 is 0 Å². The summed E-state index contributed by atoms with van der Waals surface area (Å²) in [5, 5.41) is 0. The zero-order chi connectivity index (χ0) is 11.0. The van der Waals surface area contributed by atoms with Crippen LogP contribution >= 0.6 is 0 Å². The van der Waals surface area contributed by atoms with E-state index in [0.717, 1.165) is 18.8 Å². The van der Waals surface area contributed by atoms with Gasteiger partial charge in [0.1, 0.15) is 5.75 Å². The van der Waals surface area contributed by atoms with Crippen LogP contribution in [0.4, 0.5) is 4.39 Å². The zero-order valence-corrected chi connectivity index (χ0v) is 9.43. The van der Waals surface area contributed by atoms with Crippen LogP contribution in [-0.4, -0.2) is 13.8 Å². The van der Waals surface area contributed by atoms with Crippen molar-refractivity contribution in [3.8, 4) is 5.75 Å². The van der Waals surface area contributed by atoms with E-state index in [4.69, 9.17) is 4.74 Å². The van der Waals surface area contributed by atoms with Crippen molar-refractivity contribution < 1.29 is 9.13 Å². The standard InChI is InChI=1S/C9H10O.C2H6.CH3F/c1-7-3-2-4-9-8(7)5-6-10-9;2*1-2/h2-4H,5-6H2,1H3;1-2H3;1H3. The first-order valence-electron chi connectivity index (χ1n) is 4.97. The molecule has 0 saturated carbocycles. The summed E-state index contributed by atoms with van der Waals surface area (Å²) in [6.45, 7) is 6.99. The van der Waals surface area contributed by atoms with E-state index in [9.17, 15) is 4.39 Å². The van der Waals surface area contributed by atoms with Crippen molar-refractivity contribution in [2.24, 2.45) is 0 Å². The molecule has 1 nitrogen and oxygen atoms in total. The molecule has 1 aliphatic rings. The summed E-state index contributed by atoms with van der Waals surface area (Å²) in [5.74, 6) is 1.08. The molecule has 14 heavy (non-hydrogen) atoms. The van der Waals surface area contributed by atoms with Crippen molar-refractivity contribution >= 4 is 0 Å². The summed E-state index contributed by atoms with van der Waals surface area (Å²) >= 11 is 0. The van der Waals surface area contributed by atoms with Crippen LogP contribution in [-0.2, 0) is 6.42 Å². The topological polar surface area (TPSA) is 9.23 Å². The Hall–Kier alpha value is -1.05. The van der Waals surface area contributed by atoms with E-state index in [1.165, 1.54) is 11.1 Å². The highest BCUT2D eigenvalue weighted by atomic mass is 19.1. The second-order valence-electron chi connectivity index (χ2n) is 2.65. The summed E-state index contributed by atoms with van der Waals surface area (Å²) in [4.78, 5) is 0. The van der Waals surface area contributed by atoms with Crippen molar-refractivity contribution in [1.29, 1.82) is 0 Å². The van der Waals surface area contributed by atoms with Gasteiger partial charge in [0.15, 0.2) is 0 Å². The van der Waals surface area contributed by atoms with Crippen LogP contribution in [0.2, 0.25) is 0 Å². The SMILES string of the molecule is CC.CF.Cc1cccc2c1CCO2. The predicted molar refractivity (Wildman–Crippen MR) is 58.8 cm³/mol. The molecule has 0 spiro atoms. The number of rotatable bonds is 0. The Balaban J connectivity index is 0.000000379. The van der Waals surface area contributed by atoms with E-state index in [-0.39, 0.29) is 0 Å². The second-order valence-corrected chi connectivity index (χ2v) is 2.65. The van der Waals surface area contributed by atoms with E-state index in [2.05, 4.69) is 13.0 Å². The van der Waals surface area contributed by atoms with E-state index in [1.54, 1.807) is 0 Å². The Bertz CT molecular complexity index is 258. The Kier molecular flexibility index (Phi) is 6.81. The number of ether oxygens (including phenoxy) is 1. The Morgan fingerprint density at radius 3 is 2.43 bits per heavy atom. The number of fused-ring (bicyclic) bond motifs is 1. The number of benzene rings is 1. The molecule has 1 aromatic rings. The molecule has 1 aromatic carbocycles. The molecule has 0 unspecified atom stereocenters. The van der Waals surface area contributed by atoms with Crippen molar-refractivity contribution in [2.45, 2.75) is 27.2 Å². The minimum absolute atomic E-state index is 0.500. The lowest BCUT2D eigenvalue weighted by Crippen LogP contribution is -1.86. The molecule has 2 heteroatoms. The largest absolute Gasteiger partial charge is 0.493 e. The summed E-state index contributed by atoms with van der Waals surface area (Å²) in [5.41, 5.74) is 2.75. The lowest BCUT2D eigenvalue weighted by Gasteiger charge is -1.99. The van der Waals surface area contributed by atoms with Gasteiger partial charge in [-0.15, -0.1) is 0 Å². The van der Waals surface area contributed by atoms with Gasteiger partial charge >= 0.3 is 0 Å². The quantitative estimate of drug-likeness (QED) is 0.619. The normalized spacial score (nSPS) is 11.2. The maximum absolute atomic E-state index is 9.50. The van der Waals surface area contributed by atoms with Crippen LogP contribution in [0.25, 0.3) is 0 Å². The van der Waals surface area contributed by atoms with E-state index >= 15 is 0 Å². The number of alkyl halides is 1. The molecule has 0 fully saturated rings. The molecular weight excluding hydrogens is 179 g/mol. The molecule has 1 aliphatic heterocycles. The number of aryl methyl sites for hydroxylation is 1. The van der Waals surface area contributed by atoms with Crippen LogP contribution < -0.4 is 4.74 Å². The predicted octanol–water partition coefficient (Wildman–Crippen LogP) is 3.54. The molecule has 0 aromatic heterocycles. The summed E-state index contributed by atoms with van der Waals surface area (Å²) in [6, 6.07) is 6.21. The minimum atomic E-state index is 0.500. The molecule has 2 rings (SSSR count). The fraction of sp³-hybridized carbons (Fsp3) is 0.500. The highest BCUT2D eigenvalue weighted by Gasteiger charge is 2.12. The van der Waals surface area contributed by atoms with Crippen molar-refractivity contribution in [2.75, 3.05) is 13.8 Å². The maximum atomic E-state index is 9.50.